The number of hydrogen-bond acceptors (Lipinski definition) is 6. The average molecular weight is 458 g/mol. The SMILES string of the molecule is C=CCn1c(SC(C)C(=O)NC2C=CC(C(C)C)=CC2)nnc1-c1cc(F)nc(OC)c1. The summed E-state index contributed by atoms with van der Waals surface area (Å²) in [7, 11) is 1.42. The summed E-state index contributed by atoms with van der Waals surface area (Å²) < 4.78 is 20.7. The van der Waals surface area contributed by atoms with Crippen LogP contribution in [0.15, 0.2) is 53.7 Å². The first kappa shape index (κ1) is 23.7. The van der Waals surface area contributed by atoms with Gasteiger partial charge in [0.05, 0.1) is 18.4 Å². The molecule has 0 spiro atoms. The fraction of sp³-hybridized carbons (Fsp3) is 0.391. The van der Waals surface area contributed by atoms with E-state index in [0.29, 0.717) is 29.0 Å². The summed E-state index contributed by atoms with van der Waals surface area (Å²) in [5.74, 6) is 0.296. The summed E-state index contributed by atoms with van der Waals surface area (Å²) in [5, 5.41) is 11.7. The number of carbonyl (C=O) groups is 1. The predicted octanol–water partition coefficient (Wildman–Crippen LogP) is 4.18. The smallest absolute Gasteiger partial charge is 0.233 e. The van der Waals surface area contributed by atoms with Crippen molar-refractivity contribution in [2.75, 3.05) is 7.11 Å². The number of allylic oxidation sites excluding steroid dienone is 3. The summed E-state index contributed by atoms with van der Waals surface area (Å²) in [6, 6.07) is 2.83. The Labute approximate surface area is 191 Å². The van der Waals surface area contributed by atoms with Gasteiger partial charge in [0.2, 0.25) is 17.7 Å². The van der Waals surface area contributed by atoms with Crippen LogP contribution in [0.3, 0.4) is 0 Å². The lowest BCUT2D eigenvalue weighted by Crippen LogP contribution is -2.38. The standard InChI is InChI=1S/C23H28FN5O2S/c1-6-11-29-21(17-12-19(24)26-20(13-17)31-5)27-28-23(29)32-15(4)22(30)25-18-9-7-16(8-10-18)14(2)3/h6-9,12-15,18H,1,10-11H2,2-5H3,(H,25,30). The maximum absolute atomic E-state index is 13.9. The molecule has 0 fully saturated rings. The minimum atomic E-state index is -0.676. The summed E-state index contributed by atoms with van der Waals surface area (Å²) >= 11 is 1.29. The molecule has 0 saturated heterocycles. The first-order chi connectivity index (χ1) is 15.3. The average Bonchev–Trinajstić information content (AvgIpc) is 3.16. The van der Waals surface area contributed by atoms with Gasteiger partial charge in [-0.15, -0.1) is 16.8 Å². The minimum Gasteiger partial charge on any atom is -0.481 e. The van der Waals surface area contributed by atoms with Crippen LogP contribution >= 0.6 is 11.8 Å². The summed E-state index contributed by atoms with van der Waals surface area (Å²) in [5.41, 5.74) is 1.76. The Morgan fingerprint density at radius 3 is 2.81 bits per heavy atom. The number of hydrogen-bond donors (Lipinski definition) is 1. The van der Waals surface area contributed by atoms with E-state index in [1.807, 2.05) is 13.0 Å². The zero-order chi connectivity index (χ0) is 23.3. The van der Waals surface area contributed by atoms with E-state index in [0.717, 1.165) is 6.42 Å². The molecule has 1 amide bonds. The number of amides is 1. The highest BCUT2D eigenvalue weighted by Crippen LogP contribution is 2.29. The van der Waals surface area contributed by atoms with Crippen molar-refractivity contribution in [1.29, 1.82) is 0 Å². The Morgan fingerprint density at radius 1 is 1.41 bits per heavy atom. The number of ether oxygens (including phenoxy) is 1. The van der Waals surface area contributed by atoms with Gasteiger partial charge in [0, 0.05) is 24.2 Å². The second-order valence-electron chi connectivity index (χ2n) is 7.76. The van der Waals surface area contributed by atoms with Crippen LogP contribution in [0.4, 0.5) is 4.39 Å². The van der Waals surface area contributed by atoms with Crippen molar-refractivity contribution in [1.82, 2.24) is 25.1 Å². The van der Waals surface area contributed by atoms with E-state index in [-0.39, 0.29) is 17.8 Å². The van der Waals surface area contributed by atoms with E-state index in [1.54, 1.807) is 16.7 Å². The fourth-order valence-corrected chi connectivity index (χ4v) is 4.14. The zero-order valence-electron chi connectivity index (χ0n) is 18.7. The highest BCUT2D eigenvalue weighted by Gasteiger charge is 2.23. The van der Waals surface area contributed by atoms with E-state index >= 15 is 0 Å². The Kier molecular flexibility index (Phi) is 7.84. The van der Waals surface area contributed by atoms with Crippen molar-refractivity contribution in [2.45, 2.75) is 50.2 Å². The monoisotopic (exact) mass is 457 g/mol. The molecule has 3 rings (SSSR count). The molecule has 0 saturated carbocycles. The number of methoxy groups -OCH3 is 1. The number of rotatable bonds is 9. The van der Waals surface area contributed by atoms with E-state index < -0.39 is 11.2 Å². The molecule has 2 atom stereocenters. The minimum absolute atomic E-state index is 0.0260. The molecule has 0 radical (unpaired) electrons. The summed E-state index contributed by atoms with van der Waals surface area (Å²) in [6.45, 7) is 10.3. The van der Waals surface area contributed by atoms with Crippen LogP contribution in [0.5, 0.6) is 5.88 Å². The van der Waals surface area contributed by atoms with E-state index in [1.165, 1.54) is 30.5 Å². The van der Waals surface area contributed by atoms with Crippen molar-refractivity contribution in [3.8, 4) is 17.3 Å². The van der Waals surface area contributed by atoms with Crippen molar-refractivity contribution >= 4 is 17.7 Å². The maximum atomic E-state index is 13.9. The third kappa shape index (κ3) is 5.64. The van der Waals surface area contributed by atoms with Gasteiger partial charge >= 0.3 is 0 Å². The van der Waals surface area contributed by atoms with Crippen LogP contribution in [0.25, 0.3) is 11.4 Å². The first-order valence-electron chi connectivity index (χ1n) is 10.4. The Morgan fingerprint density at radius 2 is 2.19 bits per heavy atom. The van der Waals surface area contributed by atoms with Crippen LogP contribution in [-0.4, -0.2) is 44.1 Å². The molecule has 170 valence electrons. The quantitative estimate of drug-likeness (QED) is 0.346. The Hall–Kier alpha value is -2.94. The lowest BCUT2D eigenvalue weighted by atomic mass is 9.95. The topological polar surface area (TPSA) is 81.9 Å². The van der Waals surface area contributed by atoms with Gasteiger partial charge in [-0.25, -0.2) is 0 Å². The van der Waals surface area contributed by atoms with Crippen LogP contribution in [0.2, 0.25) is 0 Å². The number of aromatic nitrogens is 4. The molecule has 32 heavy (non-hydrogen) atoms. The lowest BCUT2D eigenvalue weighted by molar-refractivity contribution is -0.120. The maximum Gasteiger partial charge on any atom is 0.233 e. The zero-order valence-corrected chi connectivity index (χ0v) is 19.5. The van der Waals surface area contributed by atoms with Gasteiger partial charge in [0.1, 0.15) is 0 Å². The molecule has 0 aromatic carbocycles. The highest BCUT2D eigenvalue weighted by molar-refractivity contribution is 8.00. The van der Waals surface area contributed by atoms with E-state index in [4.69, 9.17) is 4.74 Å². The molecule has 2 unspecified atom stereocenters. The number of nitrogens with one attached hydrogen (secondary N) is 1. The fourth-order valence-electron chi connectivity index (χ4n) is 3.27. The van der Waals surface area contributed by atoms with Gasteiger partial charge < -0.3 is 10.1 Å². The molecule has 9 heteroatoms. The number of nitrogens with zero attached hydrogens (tertiary/aromatic N) is 4. The molecule has 2 heterocycles. The largest absolute Gasteiger partial charge is 0.481 e. The Balaban J connectivity index is 1.73. The predicted molar refractivity (Wildman–Crippen MR) is 124 cm³/mol. The molecule has 1 N–H and O–H groups in total. The van der Waals surface area contributed by atoms with Gasteiger partial charge in [-0.1, -0.05) is 49.9 Å². The van der Waals surface area contributed by atoms with Gasteiger partial charge in [0.25, 0.3) is 0 Å². The molecular formula is C23H28FN5O2S. The van der Waals surface area contributed by atoms with Gasteiger partial charge in [-0.05, 0) is 24.8 Å². The van der Waals surface area contributed by atoms with Crippen molar-refractivity contribution in [3.05, 3.63) is 54.5 Å². The van der Waals surface area contributed by atoms with Crippen molar-refractivity contribution in [3.63, 3.8) is 0 Å². The summed E-state index contributed by atoms with van der Waals surface area (Å²) in [4.78, 5) is 16.4. The molecule has 0 aliphatic heterocycles. The van der Waals surface area contributed by atoms with Gasteiger partial charge in [0.15, 0.2) is 11.0 Å². The number of thioether (sulfide) groups is 1. The second kappa shape index (κ2) is 10.6. The third-order valence-electron chi connectivity index (χ3n) is 5.04. The van der Waals surface area contributed by atoms with E-state index in [9.17, 15) is 9.18 Å². The molecule has 7 nitrogen and oxygen atoms in total. The number of pyridine rings is 1. The highest BCUT2D eigenvalue weighted by atomic mass is 32.2. The van der Waals surface area contributed by atoms with Gasteiger partial charge in [-0.3, -0.25) is 9.36 Å². The van der Waals surface area contributed by atoms with E-state index in [2.05, 4.69) is 53.1 Å². The van der Waals surface area contributed by atoms with Crippen LogP contribution in [0.1, 0.15) is 27.2 Å². The number of carbonyl (C=O) groups excluding carboxylic acids is 1. The van der Waals surface area contributed by atoms with Crippen molar-refractivity contribution < 1.29 is 13.9 Å². The molecule has 1 aliphatic carbocycles. The first-order valence-corrected chi connectivity index (χ1v) is 11.3. The molecule has 2 aromatic heterocycles. The number of halogens is 1. The molecule has 1 aliphatic rings. The van der Waals surface area contributed by atoms with Crippen LogP contribution in [-0.2, 0) is 11.3 Å². The van der Waals surface area contributed by atoms with Gasteiger partial charge in [-0.2, -0.15) is 9.37 Å². The third-order valence-corrected chi connectivity index (χ3v) is 6.12. The van der Waals surface area contributed by atoms with Crippen LogP contribution in [0, 0.1) is 11.9 Å². The summed E-state index contributed by atoms with van der Waals surface area (Å²) in [6.07, 6.45) is 8.75. The lowest BCUT2D eigenvalue weighted by Gasteiger charge is -2.21. The normalized spacial score (nSPS) is 16.6. The van der Waals surface area contributed by atoms with Crippen molar-refractivity contribution in [2.24, 2.45) is 5.92 Å². The Bertz CT molecular complexity index is 1050. The molecular weight excluding hydrogens is 429 g/mol. The molecule has 2 aromatic rings. The molecule has 0 bridgehead atoms. The van der Waals surface area contributed by atoms with Crippen LogP contribution < -0.4 is 10.1 Å². The second-order valence-corrected chi connectivity index (χ2v) is 9.06.